The standard InChI is InChI=1S/C14H16FN3O/c1-9-2-3-10(15)8-12(9)14-17-13(19-18-14)6-7-16-11-4-5-11/h2-3,8,11,16H,4-7H2,1H3. The second kappa shape index (κ2) is 5.09. The molecule has 100 valence electrons. The van der Waals surface area contributed by atoms with Gasteiger partial charge in [0.2, 0.25) is 11.7 Å². The van der Waals surface area contributed by atoms with Gasteiger partial charge >= 0.3 is 0 Å². The summed E-state index contributed by atoms with van der Waals surface area (Å²) < 4.78 is 18.4. The van der Waals surface area contributed by atoms with Crippen molar-refractivity contribution in [3.63, 3.8) is 0 Å². The van der Waals surface area contributed by atoms with E-state index in [-0.39, 0.29) is 5.82 Å². The zero-order chi connectivity index (χ0) is 13.2. The Kier molecular flexibility index (Phi) is 3.29. The Morgan fingerprint density at radius 3 is 3.05 bits per heavy atom. The van der Waals surface area contributed by atoms with Crippen molar-refractivity contribution in [2.75, 3.05) is 6.54 Å². The largest absolute Gasteiger partial charge is 0.339 e. The van der Waals surface area contributed by atoms with Gasteiger partial charge in [0, 0.05) is 24.6 Å². The monoisotopic (exact) mass is 261 g/mol. The van der Waals surface area contributed by atoms with E-state index in [4.69, 9.17) is 4.52 Å². The van der Waals surface area contributed by atoms with Gasteiger partial charge in [0.15, 0.2) is 0 Å². The summed E-state index contributed by atoms with van der Waals surface area (Å²) in [5.74, 6) is 0.757. The number of aromatic nitrogens is 2. The summed E-state index contributed by atoms with van der Waals surface area (Å²) in [6.07, 6.45) is 3.23. The summed E-state index contributed by atoms with van der Waals surface area (Å²) in [6.45, 7) is 2.74. The Balaban J connectivity index is 1.70. The van der Waals surface area contributed by atoms with E-state index in [2.05, 4.69) is 15.5 Å². The first-order valence-electron chi connectivity index (χ1n) is 6.55. The lowest BCUT2D eigenvalue weighted by Gasteiger charge is -2.00. The van der Waals surface area contributed by atoms with Crippen molar-refractivity contribution in [3.8, 4) is 11.4 Å². The first-order chi connectivity index (χ1) is 9.22. The number of rotatable bonds is 5. The summed E-state index contributed by atoms with van der Waals surface area (Å²) in [5, 5.41) is 7.31. The van der Waals surface area contributed by atoms with Gasteiger partial charge in [-0.05, 0) is 37.5 Å². The van der Waals surface area contributed by atoms with Crippen LogP contribution in [0.4, 0.5) is 4.39 Å². The van der Waals surface area contributed by atoms with Crippen molar-refractivity contribution in [1.82, 2.24) is 15.5 Å². The van der Waals surface area contributed by atoms with Crippen LogP contribution in [0.5, 0.6) is 0 Å². The van der Waals surface area contributed by atoms with E-state index in [0.29, 0.717) is 29.7 Å². The van der Waals surface area contributed by atoms with Gasteiger partial charge in [0.05, 0.1) is 0 Å². The molecule has 1 heterocycles. The zero-order valence-electron chi connectivity index (χ0n) is 10.8. The summed E-state index contributed by atoms with van der Waals surface area (Å²) >= 11 is 0. The molecule has 0 radical (unpaired) electrons. The fraction of sp³-hybridized carbons (Fsp3) is 0.429. The molecule has 0 atom stereocenters. The van der Waals surface area contributed by atoms with Crippen molar-refractivity contribution in [2.24, 2.45) is 0 Å². The maximum atomic E-state index is 13.2. The third kappa shape index (κ3) is 2.98. The molecule has 1 aromatic carbocycles. The molecule has 2 aromatic rings. The number of hydrogen-bond donors (Lipinski definition) is 1. The third-order valence-corrected chi connectivity index (χ3v) is 3.26. The average Bonchev–Trinajstić information content (AvgIpc) is 3.10. The second-order valence-electron chi connectivity index (χ2n) is 4.95. The summed E-state index contributed by atoms with van der Waals surface area (Å²) in [4.78, 5) is 4.32. The lowest BCUT2D eigenvalue weighted by molar-refractivity contribution is 0.376. The Morgan fingerprint density at radius 2 is 2.26 bits per heavy atom. The smallest absolute Gasteiger partial charge is 0.228 e. The van der Waals surface area contributed by atoms with Crippen molar-refractivity contribution in [3.05, 3.63) is 35.5 Å². The molecule has 1 aliphatic carbocycles. The number of aryl methyl sites for hydroxylation is 1. The van der Waals surface area contributed by atoms with Crippen LogP contribution in [0.1, 0.15) is 24.3 Å². The predicted molar refractivity (Wildman–Crippen MR) is 69.2 cm³/mol. The molecule has 1 fully saturated rings. The Bertz CT molecular complexity index is 578. The highest BCUT2D eigenvalue weighted by molar-refractivity contribution is 5.59. The minimum Gasteiger partial charge on any atom is -0.339 e. The topological polar surface area (TPSA) is 51.0 Å². The zero-order valence-corrected chi connectivity index (χ0v) is 10.8. The molecule has 0 unspecified atom stereocenters. The third-order valence-electron chi connectivity index (χ3n) is 3.26. The first kappa shape index (κ1) is 12.3. The van der Waals surface area contributed by atoms with Gasteiger partial charge in [-0.1, -0.05) is 11.2 Å². The second-order valence-corrected chi connectivity index (χ2v) is 4.95. The number of nitrogens with zero attached hydrogens (tertiary/aromatic N) is 2. The maximum Gasteiger partial charge on any atom is 0.228 e. The highest BCUT2D eigenvalue weighted by Gasteiger charge is 2.20. The molecule has 1 aliphatic rings. The molecule has 0 amide bonds. The van der Waals surface area contributed by atoms with Crippen LogP contribution in [0.15, 0.2) is 22.7 Å². The van der Waals surface area contributed by atoms with Gasteiger partial charge in [0.25, 0.3) is 0 Å². The van der Waals surface area contributed by atoms with Crippen molar-refractivity contribution in [1.29, 1.82) is 0 Å². The normalized spacial score (nSPS) is 14.8. The summed E-state index contributed by atoms with van der Waals surface area (Å²) in [5.41, 5.74) is 1.62. The lowest BCUT2D eigenvalue weighted by atomic mass is 10.1. The number of nitrogens with one attached hydrogen (secondary N) is 1. The molecule has 0 saturated heterocycles. The molecule has 0 spiro atoms. The molecule has 5 heteroatoms. The fourth-order valence-electron chi connectivity index (χ4n) is 1.97. The molecule has 0 bridgehead atoms. The van der Waals surface area contributed by atoms with Gasteiger partial charge in [0.1, 0.15) is 5.82 Å². The van der Waals surface area contributed by atoms with Gasteiger partial charge in [-0.15, -0.1) is 0 Å². The molecule has 1 saturated carbocycles. The van der Waals surface area contributed by atoms with E-state index in [1.807, 2.05) is 6.92 Å². The van der Waals surface area contributed by atoms with Crippen molar-refractivity contribution < 1.29 is 8.91 Å². The van der Waals surface area contributed by atoms with Gasteiger partial charge in [-0.25, -0.2) is 4.39 Å². The van der Waals surface area contributed by atoms with Crippen LogP contribution in [0.3, 0.4) is 0 Å². The highest BCUT2D eigenvalue weighted by atomic mass is 19.1. The Morgan fingerprint density at radius 1 is 1.42 bits per heavy atom. The van der Waals surface area contributed by atoms with E-state index in [9.17, 15) is 4.39 Å². The van der Waals surface area contributed by atoms with E-state index in [1.54, 1.807) is 6.07 Å². The van der Waals surface area contributed by atoms with E-state index in [0.717, 1.165) is 12.1 Å². The van der Waals surface area contributed by atoms with Crippen molar-refractivity contribution in [2.45, 2.75) is 32.2 Å². The molecule has 1 aromatic heterocycles. The van der Waals surface area contributed by atoms with Crippen LogP contribution in [-0.4, -0.2) is 22.7 Å². The van der Waals surface area contributed by atoms with E-state index >= 15 is 0 Å². The van der Waals surface area contributed by atoms with Gasteiger partial charge in [-0.2, -0.15) is 4.98 Å². The van der Waals surface area contributed by atoms with E-state index < -0.39 is 0 Å². The Hall–Kier alpha value is -1.75. The minimum absolute atomic E-state index is 0.289. The minimum atomic E-state index is -0.289. The number of benzene rings is 1. The van der Waals surface area contributed by atoms with Gasteiger partial charge in [-0.3, -0.25) is 0 Å². The van der Waals surface area contributed by atoms with Crippen LogP contribution < -0.4 is 5.32 Å². The molecule has 4 nitrogen and oxygen atoms in total. The first-order valence-corrected chi connectivity index (χ1v) is 6.55. The van der Waals surface area contributed by atoms with Crippen LogP contribution >= 0.6 is 0 Å². The van der Waals surface area contributed by atoms with Crippen LogP contribution in [0, 0.1) is 12.7 Å². The SMILES string of the molecule is Cc1ccc(F)cc1-c1noc(CCNC2CC2)n1. The maximum absolute atomic E-state index is 13.2. The van der Waals surface area contributed by atoms with Crippen LogP contribution in [0.25, 0.3) is 11.4 Å². The molecular weight excluding hydrogens is 245 g/mol. The predicted octanol–water partition coefficient (Wildman–Crippen LogP) is 2.48. The molecule has 3 rings (SSSR count). The van der Waals surface area contributed by atoms with Crippen LogP contribution in [-0.2, 0) is 6.42 Å². The number of hydrogen-bond acceptors (Lipinski definition) is 4. The molecule has 0 aliphatic heterocycles. The average molecular weight is 261 g/mol. The Labute approximate surface area is 111 Å². The van der Waals surface area contributed by atoms with Crippen LogP contribution in [0.2, 0.25) is 0 Å². The summed E-state index contributed by atoms with van der Waals surface area (Å²) in [6, 6.07) is 5.26. The summed E-state index contributed by atoms with van der Waals surface area (Å²) in [7, 11) is 0. The van der Waals surface area contributed by atoms with Gasteiger partial charge < -0.3 is 9.84 Å². The van der Waals surface area contributed by atoms with Crippen molar-refractivity contribution >= 4 is 0 Å². The number of halogens is 1. The molecule has 1 N–H and O–H groups in total. The quantitative estimate of drug-likeness (QED) is 0.898. The molecule has 19 heavy (non-hydrogen) atoms. The highest BCUT2D eigenvalue weighted by Crippen LogP contribution is 2.22. The van der Waals surface area contributed by atoms with E-state index in [1.165, 1.54) is 25.0 Å². The lowest BCUT2D eigenvalue weighted by Crippen LogP contribution is -2.19. The fourth-order valence-corrected chi connectivity index (χ4v) is 1.97. The molecular formula is C14H16FN3O.